The highest BCUT2D eigenvalue weighted by Gasteiger charge is 2.23. The van der Waals surface area contributed by atoms with Crippen LogP contribution < -0.4 is 5.73 Å². The van der Waals surface area contributed by atoms with E-state index in [9.17, 15) is 9.50 Å². The molecule has 0 saturated carbocycles. The van der Waals surface area contributed by atoms with E-state index < -0.39 is 12.1 Å². The standard InChI is InChI=1S/C13H20FNO/c1-4-9(3)13(16)12(15)10-6-5-8(2)7-11(10)14/h5-7,9,12-13,16H,4,15H2,1-3H3/t9?,12-,13+/m1/s1. The first-order valence-electron chi connectivity index (χ1n) is 5.67. The van der Waals surface area contributed by atoms with Crippen molar-refractivity contribution in [2.75, 3.05) is 0 Å². The summed E-state index contributed by atoms with van der Waals surface area (Å²) in [5.41, 5.74) is 7.12. The van der Waals surface area contributed by atoms with Crippen molar-refractivity contribution < 1.29 is 9.50 Å². The Morgan fingerprint density at radius 2 is 2.06 bits per heavy atom. The van der Waals surface area contributed by atoms with Crippen LogP contribution in [0.25, 0.3) is 0 Å². The molecule has 0 heterocycles. The molecule has 2 nitrogen and oxygen atoms in total. The summed E-state index contributed by atoms with van der Waals surface area (Å²) in [5, 5.41) is 9.94. The molecule has 3 N–H and O–H groups in total. The van der Waals surface area contributed by atoms with Crippen molar-refractivity contribution in [3.05, 3.63) is 35.1 Å². The molecule has 16 heavy (non-hydrogen) atoms. The summed E-state index contributed by atoms with van der Waals surface area (Å²) in [6.45, 7) is 5.71. The fraction of sp³-hybridized carbons (Fsp3) is 0.538. The Kier molecular flexibility index (Phi) is 4.44. The van der Waals surface area contributed by atoms with Gasteiger partial charge in [-0.25, -0.2) is 4.39 Å². The molecule has 0 bridgehead atoms. The van der Waals surface area contributed by atoms with Gasteiger partial charge < -0.3 is 10.8 Å². The molecule has 90 valence electrons. The molecule has 0 aliphatic heterocycles. The molecule has 1 aromatic rings. The summed E-state index contributed by atoms with van der Waals surface area (Å²) < 4.78 is 13.6. The van der Waals surface area contributed by atoms with Crippen LogP contribution in [0.15, 0.2) is 18.2 Å². The number of hydrogen-bond acceptors (Lipinski definition) is 2. The molecular formula is C13H20FNO. The highest BCUT2D eigenvalue weighted by molar-refractivity contribution is 5.26. The highest BCUT2D eigenvalue weighted by Crippen LogP contribution is 2.24. The predicted octanol–water partition coefficient (Wildman–Crippen LogP) is 2.54. The van der Waals surface area contributed by atoms with Crippen molar-refractivity contribution in [1.29, 1.82) is 0 Å². The van der Waals surface area contributed by atoms with Gasteiger partial charge in [-0.3, -0.25) is 0 Å². The first-order valence-corrected chi connectivity index (χ1v) is 5.67. The molecule has 3 atom stereocenters. The Morgan fingerprint density at radius 1 is 1.44 bits per heavy atom. The lowest BCUT2D eigenvalue weighted by Crippen LogP contribution is -2.32. The van der Waals surface area contributed by atoms with Gasteiger partial charge in [0.1, 0.15) is 5.82 Å². The Hall–Kier alpha value is -0.930. The van der Waals surface area contributed by atoms with Crippen LogP contribution >= 0.6 is 0 Å². The first kappa shape index (κ1) is 13.1. The number of rotatable bonds is 4. The quantitative estimate of drug-likeness (QED) is 0.827. The second kappa shape index (κ2) is 5.41. The third-order valence-corrected chi connectivity index (χ3v) is 3.11. The third kappa shape index (κ3) is 2.80. The zero-order valence-electron chi connectivity index (χ0n) is 10.1. The van der Waals surface area contributed by atoms with Crippen molar-refractivity contribution >= 4 is 0 Å². The number of aliphatic hydroxyl groups is 1. The van der Waals surface area contributed by atoms with Crippen LogP contribution in [0.1, 0.15) is 37.4 Å². The van der Waals surface area contributed by atoms with E-state index in [1.54, 1.807) is 6.07 Å². The van der Waals surface area contributed by atoms with Crippen molar-refractivity contribution in [3.63, 3.8) is 0 Å². The monoisotopic (exact) mass is 225 g/mol. The summed E-state index contributed by atoms with van der Waals surface area (Å²) in [4.78, 5) is 0. The largest absolute Gasteiger partial charge is 0.391 e. The zero-order chi connectivity index (χ0) is 12.3. The van der Waals surface area contributed by atoms with Gasteiger partial charge in [0.25, 0.3) is 0 Å². The molecule has 0 saturated heterocycles. The van der Waals surface area contributed by atoms with Gasteiger partial charge in [0.05, 0.1) is 12.1 Å². The van der Waals surface area contributed by atoms with E-state index in [1.807, 2.05) is 26.8 Å². The van der Waals surface area contributed by atoms with Crippen LogP contribution in [0.5, 0.6) is 0 Å². The third-order valence-electron chi connectivity index (χ3n) is 3.11. The number of aliphatic hydroxyl groups excluding tert-OH is 1. The molecule has 0 radical (unpaired) electrons. The Labute approximate surface area is 96.3 Å². The van der Waals surface area contributed by atoms with Crippen LogP contribution in [-0.2, 0) is 0 Å². The van der Waals surface area contributed by atoms with Crippen LogP contribution in [0, 0.1) is 18.7 Å². The first-order chi connectivity index (χ1) is 7.47. The van der Waals surface area contributed by atoms with E-state index in [0.29, 0.717) is 5.56 Å². The number of benzene rings is 1. The summed E-state index contributed by atoms with van der Waals surface area (Å²) >= 11 is 0. The smallest absolute Gasteiger partial charge is 0.128 e. The second-order valence-electron chi connectivity index (χ2n) is 4.43. The van der Waals surface area contributed by atoms with Gasteiger partial charge in [0.15, 0.2) is 0 Å². The average Bonchev–Trinajstić information content (AvgIpc) is 2.26. The van der Waals surface area contributed by atoms with Crippen molar-refractivity contribution in [2.45, 2.75) is 39.3 Å². The topological polar surface area (TPSA) is 46.2 Å². The Morgan fingerprint density at radius 3 is 2.56 bits per heavy atom. The normalized spacial score (nSPS) is 16.9. The number of hydrogen-bond donors (Lipinski definition) is 2. The minimum absolute atomic E-state index is 0.0655. The lowest BCUT2D eigenvalue weighted by Gasteiger charge is -2.24. The molecular weight excluding hydrogens is 205 g/mol. The molecule has 0 spiro atoms. The van der Waals surface area contributed by atoms with Gasteiger partial charge in [-0.1, -0.05) is 32.4 Å². The maximum absolute atomic E-state index is 13.6. The Balaban J connectivity index is 2.91. The molecule has 0 aliphatic carbocycles. The summed E-state index contributed by atoms with van der Waals surface area (Å²) in [6, 6.07) is 4.25. The molecule has 0 aliphatic rings. The molecule has 1 rings (SSSR count). The fourth-order valence-corrected chi connectivity index (χ4v) is 1.68. The molecule has 1 unspecified atom stereocenters. The van der Waals surface area contributed by atoms with Gasteiger partial charge >= 0.3 is 0 Å². The lowest BCUT2D eigenvalue weighted by molar-refractivity contribution is 0.0867. The summed E-state index contributed by atoms with van der Waals surface area (Å²) in [6.07, 6.45) is 0.115. The van der Waals surface area contributed by atoms with Crippen molar-refractivity contribution in [2.24, 2.45) is 11.7 Å². The minimum Gasteiger partial charge on any atom is -0.391 e. The van der Waals surface area contributed by atoms with Crippen LogP contribution in [0.2, 0.25) is 0 Å². The maximum atomic E-state index is 13.6. The minimum atomic E-state index is -0.706. The van der Waals surface area contributed by atoms with Gasteiger partial charge in [-0.2, -0.15) is 0 Å². The van der Waals surface area contributed by atoms with Gasteiger partial charge in [0.2, 0.25) is 0 Å². The van der Waals surface area contributed by atoms with Crippen molar-refractivity contribution in [1.82, 2.24) is 0 Å². The van der Waals surface area contributed by atoms with Crippen LogP contribution in [0.3, 0.4) is 0 Å². The predicted molar refractivity (Wildman–Crippen MR) is 63.5 cm³/mol. The highest BCUT2D eigenvalue weighted by atomic mass is 19.1. The van der Waals surface area contributed by atoms with E-state index >= 15 is 0 Å². The van der Waals surface area contributed by atoms with E-state index in [0.717, 1.165) is 12.0 Å². The zero-order valence-corrected chi connectivity index (χ0v) is 10.1. The summed E-state index contributed by atoms with van der Waals surface area (Å²) in [5.74, 6) is -0.273. The number of nitrogens with two attached hydrogens (primary N) is 1. The van der Waals surface area contributed by atoms with Crippen LogP contribution in [-0.4, -0.2) is 11.2 Å². The summed E-state index contributed by atoms with van der Waals surface area (Å²) in [7, 11) is 0. The lowest BCUT2D eigenvalue weighted by atomic mass is 9.91. The Bertz CT molecular complexity index is 354. The maximum Gasteiger partial charge on any atom is 0.128 e. The second-order valence-corrected chi connectivity index (χ2v) is 4.43. The van der Waals surface area contributed by atoms with E-state index in [2.05, 4.69) is 0 Å². The van der Waals surface area contributed by atoms with E-state index in [-0.39, 0.29) is 11.7 Å². The number of aryl methyl sites for hydroxylation is 1. The molecule has 0 amide bonds. The van der Waals surface area contributed by atoms with E-state index in [1.165, 1.54) is 6.07 Å². The van der Waals surface area contributed by atoms with Crippen molar-refractivity contribution in [3.8, 4) is 0 Å². The average molecular weight is 225 g/mol. The van der Waals surface area contributed by atoms with Crippen LogP contribution in [0.4, 0.5) is 4.39 Å². The van der Waals surface area contributed by atoms with Gasteiger partial charge in [-0.05, 0) is 24.5 Å². The molecule has 3 heteroatoms. The van der Waals surface area contributed by atoms with E-state index in [4.69, 9.17) is 5.73 Å². The number of halogens is 1. The molecule has 0 fully saturated rings. The van der Waals surface area contributed by atoms with Gasteiger partial charge in [-0.15, -0.1) is 0 Å². The molecule has 1 aromatic carbocycles. The SMILES string of the molecule is CCC(C)[C@H](O)[C@H](N)c1ccc(C)cc1F. The van der Waals surface area contributed by atoms with Gasteiger partial charge in [0, 0.05) is 5.56 Å². The fourth-order valence-electron chi connectivity index (χ4n) is 1.68. The molecule has 0 aromatic heterocycles.